The molecule has 1 unspecified atom stereocenters. The highest BCUT2D eigenvalue weighted by atomic mass is 16.7. The Bertz CT molecular complexity index is 368. The van der Waals surface area contributed by atoms with Crippen molar-refractivity contribution in [3.63, 3.8) is 0 Å². The van der Waals surface area contributed by atoms with E-state index in [0.29, 0.717) is 18.6 Å². The van der Waals surface area contributed by atoms with Crippen LogP contribution >= 0.6 is 0 Å². The van der Waals surface area contributed by atoms with Gasteiger partial charge < -0.3 is 14.2 Å². The SMILES string of the molecule is CC1(O/C=C2/CCOC2=O)C=CC(=O)O1. The highest BCUT2D eigenvalue weighted by Gasteiger charge is 2.32. The summed E-state index contributed by atoms with van der Waals surface area (Å²) in [6, 6.07) is 0. The first-order chi connectivity index (χ1) is 7.09. The molecule has 0 bridgehead atoms. The van der Waals surface area contributed by atoms with E-state index in [-0.39, 0.29) is 5.97 Å². The summed E-state index contributed by atoms with van der Waals surface area (Å²) in [5.41, 5.74) is 0.451. The topological polar surface area (TPSA) is 61.8 Å². The molecule has 2 aliphatic heterocycles. The molecule has 15 heavy (non-hydrogen) atoms. The molecule has 5 nitrogen and oxygen atoms in total. The van der Waals surface area contributed by atoms with Gasteiger partial charge in [0.25, 0.3) is 5.79 Å². The van der Waals surface area contributed by atoms with Crippen LogP contribution in [0.3, 0.4) is 0 Å². The van der Waals surface area contributed by atoms with Crippen LogP contribution in [0.15, 0.2) is 24.0 Å². The van der Waals surface area contributed by atoms with Crippen LogP contribution in [0, 0.1) is 0 Å². The fourth-order valence-corrected chi connectivity index (χ4v) is 1.29. The van der Waals surface area contributed by atoms with Crippen LogP contribution in [0.4, 0.5) is 0 Å². The van der Waals surface area contributed by atoms with E-state index in [1.54, 1.807) is 6.92 Å². The molecule has 0 saturated carbocycles. The molecule has 0 aromatic carbocycles. The lowest BCUT2D eigenvalue weighted by molar-refractivity contribution is -0.174. The normalized spacial score (nSPS) is 31.9. The zero-order valence-electron chi connectivity index (χ0n) is 8.19. The van der Waals surface area contributed by atoms with Crippen LogP contribution < -0.4 is 0 Å². The molecule has 1 saturated heterocycles. The highest BCUT2D eigenvalue weighted by Crippen LogP contribution is 2.23. The quantitative estimate of drug-likeness (QED) is 0.380. The zero-order chi connectivity index (χ0) is 10.9. The molecule has 1 fully saturated rings. The molecule has 0 aliphatic carbocycles. The van der Waals surface area contributed by atoms with E-state index in [0.717, 1.165) is 0 Å². The van der Waals surface area contributed by atoms with Crippen LogP contribution in [-0.4, -0.2) is 24.3 Å². The molecular formula is C10H10O5. The molecule has 0 aromatic rings. The predicted octanol–water partition coefficient (Wildman–Crippen LogP) is 0.663. The molecule has 0 amide bonds. The van der Waals surface area contributed by atoms with Crippen LogP contribution in [0.25, 0.3) is 0 Å². The smallest absolute Gasteiger partial charge is 0.337 e. The van der Waals surface area contributed by atoms with Gasteiger partial charge in [-0.1, -0.05) is 0 Å². The number of hydrogen-bond acceptors (Lipinski definition) is 5. The molecule has 0 N–H and O–H groups in total. The molecule has 0 spiro atoms. The van der Waals surface area contributed by atoms with Gasteiger partial charge in [0, 0.05) is 25.5 Å². The average molecular weight is 210 g/mol. The summed E-state index contributed by atoms with van der Waals surface area (Å²) in [5.74, 6) is -1.94. The standard InChI is InChI=1S/C10H10O5/c1-10(4-2-8(11)15-10)14-6-7-3-5-13-9(7)12/h2,4,6H,3,5H2,1H3/b7-6-. The second-order valence-corrected chi connectivity index (χ2v) is 3.42. The number of carbonyl (C=O) groups excluding carboxylic acids is 2. The van der Waals surface area contributed by atoms with Gasteiger partial charge in [-0.2, -0.15) is 0 Å². The van der Waals surface area contributed by atoms with Crippen molar-refractivity contribution < 1.29 is 23.8 Å². The second kappa shape index (κ2) is 3.42. The lowest BCUT2D eigenvalue weighted by Gasteiger charge is -2.20. The Morgan fingerprint density at radius 3 is 2.87 bits per heavy atom. The molecule has 2 aliphatic rings. The van der Waals surface area contributed by atoms with Gasteiger partial charge in [0.05, 0.1) is 18.4 Å². The van der Waals surface area contributed by atoms with Crippen molar-refractivity contribution in [2.45, 2.75) is 19.1 Å². The Balaban J connectivity index is 2.01. The summed E-state index contributed by atoms with van der Waals surface area (Å²) in [6.45, 7) is 1.96. The van der Waals surface area contributed by atoms with E-state index in [9.17, 15) is 9.59 Å². The Morgan fingerprint density at radius 1 is 1.53 bits per heavy atom. The minimum absolute atomic E-state index is 0.375. The predicted molar refractivity (Wildman–Crippen MR) is 48.4 cm³/mol. The maximum absolute atomic E-state index is 11.1. The lowest BCUT2D eigenvalue weighted by atomic mass is 10.2. The van der Waals surface area contributed by atoms with Gasteiger partial charge in [0.1, 0.15) is 0 Å². The van der Waals surface area contributed by atoms with Crippen LogP contribution in [0.1, 0.15) is 13.3 Å². The van der Waals surface area contributed by atoms with E-state index < -0.39 is 11.8 Å². The van der Waals surface area contributed by atoms with E-state index in [4.69, 9.17) is 14.2 Å². The number of carbonyl (C=O) groups is 2. The third-order valence-electron chi connectivity index (χ3n) is 2.13. The minimum atomic E-state index is -1.10. The zero-order valence-corrected chi connectivity index (χ0v) is 8.19. The van der Waals surface area contributed by atoms with Gasteiger partial charge in [-0.3, -0.25) is 0 Å². The van der Waals surface area contributed by atoms with E-state index in [1.165, 1.54) is 18.4 Å². The van der Waals surface area contributed by atoms with Crippen LogP contribution in [-0.2, 0) is 23.8 Å². The van der Waals surface area contributed by atoms with Crippen molar-refractivity contribution in [1.82, 2.24) is 0 Å². The average Bonchev–Trinajstić information content (AvgIpc) is 2.71. The summed E-state index contributed by atoms with van der Waals surface area (Å²) < 4.78 is 14.8. The van der Waals surface area contributed by atoms with Crippen LogP contribution in [0.2, 0.25) is 0 Å². The molecule has 1 atom stereocenters. The maximum atomic E-state index is 11.1. The fraction of sp³-hybridized carbons (Fsp3) is 0.400. The van der Waals surface area contributed by atoms with Gasteiger partial charge >= 0.3 is 11.9 Å². The molecular weight excluding hydrogens is 200 g/mol. The van der Waals surface area contributed by atoms with Gasteiger partial charge in [0.2, 0.25) is 0 Å². The summed E-state index contributed by atoms with van der Waals surface area (Å²) in [6.07, 6.45) is 4.59. The minimum Gasteiger partial charge on any atom is -0.462 e. The molecule has 2 heterocycles. The van der Waals surface area contributed by atoms with Crippen LogP contribution in [0.5, 0.6) is 0 Å². The summed E-state index contributed by atoms with van der Waals surface area (Å²) in [7, 11) is 0. The number of ether oxygens (including phenoxy) is 3. The third-order valence-corrected chi connectivity index (χ3v) is 2.13. The van der Waals surface area contributed by atoms with Crippen molar-refractivity contribution >= 4 is 11.9 Å². The summed E-state index contributed by atoms with van der Waals surface area (Å²) in [5, 5.41) is 0. The molecule has 5 heteroatoms. The van der Waals surface area contributed by atoms with E-state index in [1.807, 2.05) is 0 Å². The third kappa shape index (κ3) is 2.01. The monoisotopic (exact) mass is 210 g/mol. The number of esters is 2. The van der Waals surface area contributed by atoms with Gasteiger partial charge in [0.15, 0.2) is 0 Å². The largest absolute Gasteiger partial charge is 0.462 e. The Hall–Kier alpha value is -1.78. The molecule has 0 radical (unpaired) electrons. The fourth-order valence-electron chi connectivity index (χ4n) is 1.29. The van der Waals surface area contributed by atoms with Crippen molar-refractivity contribution in [2.75, 3.05) is 6.61 Å². The Kier molecular flexibility index (Phi) is 2.22. The van der Waals surface area contributed by atoms with Gasteiger partial charge in [-0.05, 0) is 0 Å². The van der Waals surface area contributed by atoms with E-state index in [2.05, 4.69) is 0 Å². The Morgan fingerprint density at radius 2 is 2.33 bits per heavy atom. The highest BCUT2D eigenvalue weighted by molar-refractivity contribution is 5.90. The first kappa shape index (κ1) is 9.76. The lowest BCUT2D eigenvalue weighted by Crippen LogP contribution is -2.25. The first-order valence-electron chi connectivity index (χ1n) is 4.55. The number of hydrogen-bond donors (Lipinski definition) is 0. The second-order valence-electron chi connectivity index (χ2n) is 3.42. The van der Waals surface area contributed by atoms with Crippen molar-refractivity contribution in [3.05, 3.63) is 24.0 Å². The summed E-state index contributed by atoms with van der Waals surface area (Å²) in [4.78, 5) is 21.9. The molecule has 0 aromatic heterocycles. The Labute approximate surface area is 86.3 Å². The maximum Gasteiger partial charge on any atom is 0.337 e. The van der Waals surface area contributed by atoms with Crippen molar-refractivity contribution in [3.8, 4) is 0 Å². The molecule has 80 valence electrons. The number of cyclic esters (lactones) is 2. The van der Waals surface area contributed by atoms with Crippen molar-refractivity contribution in [2.24, 2.45) is 0 Å². The summed E-state index contributed by atoms with van der Waals surface area (Å²) >= 11 is 0. The van der Waals surface area contributed by atoms with Crippen molar-refractivity contribution in [1.29, 1.82) is 0 Å². The molecule has 2 rings (SSSR count). The number of rotatable bonds is 2. The van der Waals surface area contributed by atoms with Gasteiger partial charge in [-0.25, -0.2) is 9.59 Å². The van der Waals surface area contributed by atoms with E-state index >= 15 is 0 Å². The van der Waals surface area contributed by atoms with Gasteiger partial charge in [-0.15, -0.1) is 0 Å². The first-order valence-corrected chi connectivity index (χ1v) is 4.55.